The summed E-state index contributed by atoms with van der Waals surface area (Å²) in [5, 5.41) is 2.78. The van der Waals surface area contributed by atoms with Crippen molar-refractivity contribution in [2.24, 2.45) is 5.92 Å². The molecule has 0 aromatic heterocycles. The highest BCUT2D eigenvalue weighted by Crippen LogP contribution is 2.28. The fraction of sp³-hybridized carbons (Fsp3) is 0.333. The molecule has 28 heavy (non-hydrogen) atoms. The zero-order chi connectivity index (χ0) is 20.1. The Labute approximate surface area is 168 Å². The van der Waals surface area contributed by atoms with Gasteiger partial charge in [-0.15, -0.1) is 0 Å². The van der Waals surface area contributed by atoms with Crippen LogP contribution in [0.4, 0.5) is 10.1 Å². The van der Waals surface area contributed by atoms with Crippen LogP contribution in [0.1, 0.15) is 28.8 Å². The second-order valence-corrected chi connectivity index (χ2v) is 7.24. The molecule has 1 heterocycles. The van der Waals surface area contributed by atoms with Gasteiger partial charge in [-0.3, -0.25) is 9.69 Å². The van der Waals surface area contributed by atoms with Crippen molar-refractivity contribution in [2.75, 3.05) is 25.5 Å². The van der Waals surface area contributed by atoms with Crippen LogP contribution >= 0.6 is 11.6 Å². The number of nitrogens with zero attached hydrogens (tertiary/aromatic N) is 1. The Morgan fingerprint density at radius 2 is 1.89 bits per heavy atom. The number of anilines is 1. The fourth-order valence-electron chi connectivity index (χ4n) is 3.34. The van der Waals surface area contributed by atoms with E-state index in [1.165, 1.54) is 11.6 Å². The van der Waals surface area contributed by atoms with Crippen molar-refractivity contribution >= 4 is 29.2 Å². The van der Waals surface area contributed by atoms with Crippen molar-refractivity contribution < 1.29 is 18.7 Å². The summed E-state index contributed by atoms with van der Waals surface area (Å²) in [6.45, 7) is 2.49. The van der Waals surface area contributed by atoms with Crippen LogP contribution in [-0.2, 0) is 16.1 Å². The number of halogens is 2. The summed E-state index contributed by atoms with van der Waals surface area (Å²) in [6, 6.07) is 12.4. The molecular weight excluding hydrogens is 383 g/mol. The molecule has 0 unspecified atom stereocenters. The van der Waals surface area contributed by atoms with Crippen LogP contribution in [0.3, 0.4) is 0 Å². The minimum Gasteiger partial charge on any atom is -0.465 e. The molecule has 0 bridgehead atoms. The maximum Gasteiger partial charge on any atom is 0.340 e. The average molecular weight is 405 g/mol. The van der Waals surface area contributed by atoms with Gasteiger partial charge < -0.3 is 10.1 Å². The van der Waals surface area contributed by atoms with E-state index in [-0.39, 0.29) is 28.1 Å². The number of likely N-dealkylation sites (tertiary alicyclic amines) is 1. The number of esters is 1. The molecule has 1 aliphatic rings. The van der Waals surface area contributed by atoms with E-state index in [4.69, 9.17) is 11.6 Å². The maximum absolute atomic E-state index is 14.1. The molecule has 5 nitrogen and oxygen atoms in total. The number of nitrogens with one attached hydrogen (secondary N) is 1. The molecule has 1 amide bonds. The SMILES string of the molecule is COC(=O)c1cc(Cl)c(NC(=O)C2CCN(Cc3ccccc3)CC2)cc1F. The predicted octanol–water partition coefficient (Wildman–Crippen LogP) is 4.12. The Balaban J connectivity index is 1.57. The first-order chi connectivity index (χ1) is 13.5. The number of carbonyl (C=O) groups excluding carboxylic acids is 2. The molecule has 1 aliphatic heterocycles. The molecular formula is C21H22ClFN2O3. The van der Waals surface area contributed by atoms with Gasteiger partial charge in [-0.1, -0.05) is 41.9 Å². The zero-order valence-corrected chi connectivity index (χ0v) is 16.3. The minimum absolute atomic E-state index is 0.0941. The van der Waals surface area contributed by atoms with Crippen LogP contribution in [0.15, 0.2) is 42.5 Å². The van der Waals surface area contributed by atoms with Crippen LogP contribution in [0.25, 0.3) is 0 Å². The molecule has 2 aromatic rings. The summed E-state index contributed by atoms with van der Waals surface area (Å²) in [4.78, 5) is 26.4. The van der Waals surface area contributed by atoms with Gasteiger partial charge in [-0.25, -0.2) is 9.18 Å². The predicted molar refractivity (Wildman–Crippen MR) is 106 cm³/mol. The second-order valence-electron chi connectivity index (χ2n) is 6.83. The number of methoxy groups -OCH3 is 1. The van der Waals surface area contributed by atoms with Crippen molar-refractivity contribution in [3.8, 4) is 0 Å². The molecule has 0 radical (unpaired) electrons. The number of amides is 1. The summed E-state index contributed by atoms with van der Waals surface area (Å²) in [5.74, 6) is -1.95. The first-order valence-corrected chi connectivity index (χ1v) is 9.50. The molecule has 0 saturated carbocycles. The van der Waals surface area contributed by atoms with Gasteiger partial charge in [0.15, 0.2) is 0 Å². The highest BCUT2D eigenvalue weighted by atomic mass is 35.5. The number of hydrogen-bond donors (Lipinski definition) is 1. The monoisotopic (exact) mass is 404 g/mol. The van der Waals surface area contributed by atoms with Crippen molar-refractivity contribution in [3.05, 3.63) is 64.4 Å². The molecule has 2 aromatic carbocycles. The van der Waals surface area contributed by atoms with Crippen molar-refractivity contribution in [1.29, 1.82) is 0 Å². The van der Waals surface area contributed by atoms with Crippen LogP contribution in [0.2, 0.25) is 5.02 Å². The quantitative estimate of drug-likeness (QED) is 0.762. The Bertz CT molecular complexity index is 852. The fourth-order valence-corrected chi connectivity index (χ4v) is 3.55. The molecule has 0 aliphatic carbocycles. The third kappa shape index (κ3) is 4.88. The largest absolute Gasteiger partial charge is 0.465 e. The molecule has 1 N–H and O–H groups in total. The number of carbonyl (C=O) groups is 2. The molecule has 0 spiro atoms. The summed E-state index contributed by atoms with van der Waals surface area (Å²) in [5.41, 5.74) is 1.14. The Hall–Kier alpha value is -2.44. The lowest BCUT2D eigenvalue weighted by Gasteiger charge is -2.31. The topological polar surface area (TPSA) is 58.6 Å². The first kappa shape index (κ1) is 20.3. The normalized spacial score (nSPS) is 15.2. The van der Waals surface area contributed by atoms with Crippen LogP contribution < -0.4 is 5.32 Å². The van der Waals surface area contributed by atoms with E-state index in [2.05, 4.69) is 27.1 Å². The van der Waals surface area contributed by atoms with Gasteiger partial charge in [0.2, 0.25) is 5.91 Å². The van der Waals surface area contributed by atoms with Crippen molar-refractivity contribution in [3.63, 3.8) is 0 Å². The summed E-state index contributed by atoms with van der Waals surface area (Å²) in [6.07, 6.45) is 1.44. The Morgan fingerprint density at radius 1 is 1.21 bits per heavy atom. The van der Waals surface area contributed by atoms with Gasteiger partial charge >= 0.3 is 5.97 Å². The van der Waals surface area contributed by atoms with E-state index in [1.807, 2.05) is 18.2 Å². The van der Waals surface area contributed by atoms with Gasteiger partial charge in [-0.05, 0) is 43.6 Å². The lowest BCUT2D eigenvalue weighted by molar-refractivity contribution is -0.121. The Morgan fingerprint density at radius 3 is 2.54 bits per heavy atom. The van der Waals surface area contributed by atoms with E-state index >= 15 is 0 Å². The van der Waals surface area contributed by atoms with Gasteiger partial charge in [0, 0.05) is 12.5 Å². The number of rotatable bonds is 5. The molecule has 3 rings (SSSR count). The van der Waals surface area contributed by atoms with Gasteiger partial charge in [0.05, 0.1) is 23.4 Å². The summed E-state index contributed by atoms with van der Waals surface area (Å²) in [7, 11) is 1.16. The first-order valence-electron chi connectivity index (χ1n) is 9.12. The van der Waals surface area contributed by atoms with E-state index in [1.54, 1.807) is 0 Å². The van der Waals surface area contributed by atoms with Crippen LogP contribution in [0, 0.1) is 11.7 Å². The molecule has 7 heteroatoms. The highest BCUT2D eigenvalue weighted by Gasteiger charge is 2.26. The number of benzene rings is 2. The van der Waals surface area contributed by atoms with Crippen molar-refractivity contribution in [2.45, 2.75) is 19.4 Å². The lowest BCUT2D eigenvalue weighted by atomic mass is 9.95. The third-order valence-corrected chi connectivity index (χ3v) is 5.24. The average Bonchev–Trinajstić information content (AvgIpc) is 2.71. The summed E-state index contributed by atoms with van der Waals surface area (Å²) >= 11 is 6.10. The smallest absolute Gasteiger partial charge is 0.340 e. The highest BCUT2D eigenvalue weighted by molar-refractivity contribution is 6.34. The van der Waals surface area contributed by atoms with Crippen LogP contribution in [-0.4, -0.2) is 37.0 Å². The van der Waals surface area contributed by atoms with Crippen LogP contribution in [0.5, 0.6) is 0 Å². The van der Waals surface area contributed by atoms with E-state index in [9.17, 15) is 14.0 Å². The molecule has 0 atom stereocenters. The van der Waals surface area contributed by atoms with E-state index in [0.29, 0.717) is 0 Å². The standard InChI is InChI=1S/C21H22ClFN2O3/c1-28-21(27)16-11-17(22)19(12-18(16)23)24-20(26)15-7-9-25(10-8-15)13-14-5-3-2-4-6-14/h2-6,11-12,15H,7-10,13H2,1H3,(H,24,26). The Kier molecular flexibility index (Phi) is 6.65. The van der Waals surface area contributed by atoms with Gasteiger partial charge in [0.1, 0.15) is 5.82 Å². The van der Waals surface area contributed by atoms with E-state index in [0.717, 1.165) is 45.7 Å². The van der Waals surface area contributed by atoms with E-state index < -0.39 is 11.8 Å². The second kappa shape index (κ2) is 9.17. The number of piperidine rings is 1. The number of ether oxygens (including phenoxy) is 1. The van der Waals surface area contributed by atoms with Gasteiger partial charge in [0.25, 0.3) is 0 Å². The maximum atomic E-state index is 14.1. The molecule has 1 fully saturated rings. The van der Waals surface area contributed by atoms with Crippen molar-refractivity contribution in [1.82, 2.24) is 4.90 Å². The number of hydrogen-bond acceptors (Lipinski definition) is 4. The van der Waals surface area contributed by atoms with Gasteiger partial charge in [-0.2, -0.15) is 0 Å². The summed E-state index contributed by atoms with van der Waals surface area (Å²) < 4.78 is 18.6. The zero-order valence-electron chi connectivity index (χ0n) is 15.6. The lowest BCUT2D eigenvalue weighted by Crippen LogP contribution is -2.37. The molecule has 1 saturated heterocycles. The third-order valence-electron chi connectivity index (χ3n) is 4.93. The minimum atomic E-state index is -0.817. The molecule has 148 valence electrons.